The molecule has 5 nitrogen and oxygen atoms in total. The number of furan rings is 1. The lowest BCUT2D eigenvalue weighted by Gasteiger charge is -2.14. The molecule has 0 N–H and O–H groups in total. The van der Waals surface area contributed by atoms with Gasteiger partial charge < -0.3 is 9.32 Å². The number of allylic oxidation sites excluding steroid dienone is 1. The maximum absolute atomic E-state index is 11.9. The molecule has 0 radical (unpaired) electrons. The molecule has 1 aliphatic rings. The van der Waals surface area contributed by atoms with Crippen LogP contribution < -0.4 is 4.90 Å². The molecule has 3 rings (SSSR count). The van der Waals surface area contributed by atoms with Crippen LogP contribution in [0.5, 0.6) is 0 Å². The number of hydrogen-bond donors (Lipinski definition) is 0. The largest absolute Gasteiger partial charge is 0.458 e. The predicted octanol–water partition coefficient (Wildman–Crippen LogP) is 2.87. The maximum atomic E-state index is 11.9. The van der Waals surface area contributed by atoms with E-state index in [2.05, 4.69) is 14.9 Å². The minimum atomic E-state index is -0.160. The van der Waals surface area contributed by atoms with Crippen molar-refractivity contribution in [3.05, 3.63) is 47.7 Å². The van der Waals surface area contributed by atoms with E-state index < -0.39 is 0 Å². The first-order chi connectivity index (χ1) is 10.2. The summed E-state index contributed by atoms with van der Waals surface area (Å²) in [5.41, 5.74) is 0.801. The molecule has 108 valence electrons. The summed E-state index contributed by atoms with van der Waals surface area (Å²) in [5.74, 6) is 1.67. The van der Waals surface area contributed by atoms with E-state index in [4.69, 9.17) is 4.42 Å². The van der Waals surface area contributed by atoms with Gasteiger partial charge in [0.25, 0.3) is 0 Å². The number of anilines is 1. The SMILES string of the molecule is Cc1ccc(C(=O)/C=C/c2cnc(N3CCCC3)nc2)o1. The number of ketones is 1. The van der Waals surface area contributed by atoms with Gasteiger partial charge in [-0.15, -0.1) is 0 Å². The Kier molecular flexibility index (Phi) is 3.81. The van der Waals surface area contributed by atoms with E-state index in [1.165, 1.54) is 18.9 Å². The first kappa shape index (κ1) is 13.5. The Morgan fingerprint density at radius 3 is 2.57 bits per heavy atom. The molecule has 1 saturated heterocycles. The van der Waals surface area contributed by atoms with Crippen molar-refractivity contribution in [2.75, 3.05) is 18.0 Å². The van der Waals surface area contributed by atoms with Crippen LogP contribution in [0, 0.1) is 6.92 Å². The standard InChI is InChI=1S/C16H17N3O2/c1-12-4-7-15(21-12)14(20)6-5-13-10-17-16(18-11-13)19-8-2-3-9-19/h4-7,10-11H,2-3,8-9H2,1H3/b6-5+. The topological polar surface area (TPSA) is 59.2 Å². The second kappa shape index (κ2) is 5.91. The lowest BCUT2D eigenvalue weighted by atomic mass is 10.2. The van der Waals surface area contributed by atoms with Crippen molar-refractivity contribution in [2.45, 2.75) is 19.8 Å². The highest BCUT2D eigenvalue weighted by atomic mass is 16.3. The van der Waals surface area contributed by atoms with E-state index in [0.717, 1.165) is 30.4 Å². The fourth-order valence-electron chi connectivity index (χ4n) is 2.32. The minimum absolute atomic E-state index is 0.160. The van der Waals surface area contributed by atoms with Crippen LogP contribution in [-0.2, 0) is 0 Å². The molecule has 0 saturated carbocycles. The van der Waals surface area contributed by atoms with Gasteiger partial charge in [0.1, 0.15) is 5.76 Å². The third-order valence-electron chi connectivity index (χ3n) is 3.46. The van der Waals surface area contributed by atoms with Crippen LogP contribution in [0.1, 0.15) is 34.7 Å². The van der Waals surface area contributed by atoms with Crippen LogP contribution in [0.3, 0.4) is 0 Å². The number of hydrogen-bond acceptors (Lipinski definition) is 5. The molecule has 0 amide bonds. The van der Waals surface area contributed by atoms with Crippen molar-refractivity contribution in [3.63, 3.8) is 0 Å². The number of aromatic nitrogens is 2. The molecular weight excluding hydrogens is 266 g/mol. The molecule has 0 atom stereocenters. The molecule has 2 aromatic heterocycles. The summed E-state index contributed by atoms with van der Waals surface area (Å²) in [6.07, 6.45) is 9.04. The van der Waals surface area contributed by atoms with Gasteiger partial charge in [-0.3, -0.25) is 4.79 Å². The molecule has 1 aliphatic heterocycles. The van der Waals surface area contributed by atoms with Crippen LogP contribution in [-0.4, -0.2) is 28.8 Å². The first-order valence-corrected chi connectivity index (χ1v) is 7.08. The van der Waals surface area contributed by atoms with Crippen molar-refractivity contribution in [1.82, 2.24) is 9.97 Å². The third-order valence-corrected chi connectivity index (χ3v) is 3.46. The molecule has 21 heavy (non-hydrogen) atoms. The Bertz CT molecular complexity index is 652. The van der Waals surface area contributed by atoms with E-state index >= 15 is 0 Å². The van der Waals surface area contributed by atoms with E-state index in [1.54, 1.807) is 30.6 Å². The lowest BCUT2D eigenvalue weighted by Crippen LogP contribution is -2.20. The molecule has 0 aliphatic carbocycles. The summed E-state index contributed by atoms with van der Waals surface area (Å²) in [6.45, 7) is 3.85. The number of rotatable bonds is 4. The Hall–Kier alpha value is -2.43. The fourth-order valence-corrected chi connectivity index (χ4v) is 2.32. The molecule has 0 bridgehead atoms. The Labute approximate surface area is 123 Å². The number of nitrogens with zero attached hydrogens (tertiary/aromatic N) is 3. The molecule has 5 heteroatoms. The quantitative estimate of drug-likeness (QED) is 0.638. The summed E-state index contributed by atoms with van der Waals surface area (Å²) in [6, 6.07) is 3.45. The predicted molar refractivity (Wildman–Crippen MR) is 80.3 cm³/mol. The van der Waals surface area contributed by atoms with Gasteiger partial charge in [-0.05, 0) is 44.1 Å². The minimum Gasteiger partial charge on any atom is -0.458 e. The highest BCUT2D eigenvalue weighted by Gasteiger charge is 2.14. The first-order valence-electron chi connectivity index (χ1n) is 7.08. The van der Waals surface area contributed by atoms with Gasteiger partial charge in [0.15, 0.2) is 5.76 Å². The summed E-state index contributed by atoms with van der Waals surface area (Å²) in [4.78, 5) is 22.7. The van der Waals surface area contributed by atoms with Gasteiger partial charge in [0.2, 0.25) is 11.7 Å². The van der Waals surface area contributed by atoms with E-state index in [0.29, 0.717) is 5.76 Å². The Morgan fingerprint density at radius 2 is 1.95 bits per heavy atom. The monoisotopic (exact) mass is 283 g/mol. The molecule has 0 aromatic carbocycles. The van der Waals surface area contributed by atoms with Crippen LogP contribution in [0.25, 0.3) is 6.08 Å². The third kappa shape index (κ3) is 3.18. The van der Waals surface area contributed by atoms with Crippen LogP contribution >= 0.6 is 0 Å². The highest BCUT2D eigenvalue weighted by molar-refractivity contribution is 6.04. The molecule has 2 aromatic rings. The van der Waals surface area contributed by atoms with Crippen LogP contribution in [0.15, 0.2) is 35.0 Å². The second-order valence-corrected chi connectivity index (χ2v) is 5.12. The highest BCUT2D eigenvalue weighted by Crippen LogP contribution is 2.15. The van der Waals surface area contributed by atoms with Gasteiger partial charge in [-0.1, -0.05) is 0 Å². The zero-order valence-corrected chi connectivity index (χ0v) is 12.0. The normalized spacial score (nSPS) is 15.0. The smallest absolute Gasteiger partial charge is 0.225 e. The van der Waals surface area contributed by atoms with Crippen molar-refractivity contribution in [3.8, 4) is 0 Å². The molecule has 1 fully saturated rings. The zero-order chi connectivity index (χ0) is 14.7. The average molecular weight is 283 g/mol. The fraction of sp³-hybridized carbons (Fsp3) is 0.312. The van der Waals surface area contributed by atoms with E-state index in [9.17, 15) is 4.79 Å². The summed E-state index contributed by atoms with van der Waals surface area (Å²) in [7, 11) is 0. The van der Waals surface area contributed by atoms with E-state index in [-0.39, 0.29) is 5.78 Å². The van der Waals surface area contributed by atoms with Gasteiger partial charge >= 0.3 is 0 Å². The number of aryl methyl sites for hydroxylation is 1. The molecule has 0 spiro atoms. The molecule has 3 heterocycles. The van der Waals surface area contributed by atoms with Gasteiger partial charge in [-0.2, -0.15) is 0 Å². The zero-order valence-electron chi connectivity index (χ0n) is 12.0. The lowest BCUT2D eigenvalue weighted by molar-refractivity contribution is 0.102. The van der Waals surface area contributed by atoms with Crippen molar-refractivity contribution in [1.29, 1.82) is 0 Å². The van der Waals surface area contributed by atoms with Gasteiger partial charge in [0, 0.05) is 31.0 Å². The number of carbonyl (C=O) groups excluding carboxylic acids is 1. The van der Waals surface area contributed by atoms with Crippen molar-refractivity contribution >= 4 is 17.8 Å². The maximum Gasteiger partial charge on any atom is 0.225 e. The average Bonchev–Trinajstić information content (AvgIpc) is 3.16. The number of carbonyl (C=O) groups is 1. The second-order valence-electron chi connectivity index (χ2n) is 5.12. The Morgan fingerprint density at radius 1 is 1.24 bits per heavy atom. The van der Waals surface area contributed by atoms with Crippen LogP contribution in [0.2, 0.25) is 0 Å². The molecular formula is C16H17N3O2. The van der Waals surface area contributed by atoms with Crippen molar-refractivity contribution < 1.29 is 9.21 Å². The van der Waals surface area contributed by atoms with E-state index in [1.807, 2.05) is 6.92 Å². The Balaban J connectivity index is 1.67. The van der Waals surface area contributed by atoms with Gasteiger partial charge in [-0.25, -0.2) is 9.97 Å². The van der Waals surface area contributed by atoms with Crippen LogP contribution in [0.4, 0.5) is 5.95 Å². The summed E-state index contributed by atoms with van der Waals surface area (Å²) >= 11 is 0. The summed E-state index contributed by atoms with van der Waals surface area (Å²) in [5, 5.41) is 0. The van der Waals surface area contributed by atoms with Gasteiger partial charge in [0.05, 0.1) is 0 Å². The van der Waals surface area contributed by atoms with Crippen molar-refractivity contribution in [2.24, 2.45) is 0 Å². The summed E-state index contributed by atoms with van der Waals surface area (Å²) < 4.78 is 5.28. The molecule has 0 unspecified atom stereocenters.